The van der Waals surface area contributed by atoms with Gasteiger partial charge in [0.15, 0.2) is 0 Å². The van der Waals surface area contributed by atoms with Crippen molar-refractivity contribution in [2.24, 2.45) is 5.73 Å². The fourth-order valence-electron chi connectivity index (χ4n) is 4.06. The Hall–Kier alpha value is -1.97. The van der Waals surface area contributed by atoms with Crippen molar-refractivity contribution in [2.75, 3.05) is 11.1 Å². The van der Waals surface area contributed by atoms with Gasteiger partial charge in [-0.2, -0.15) is 0 Å². The fourth-order valence-corrected chi connectivity index (χ4v) is 7.49. The third-order valence-electron chi connectivity index (χ3n) is 5.23. The zero-order valence-corrected chi connectivity index (χ0v) is 17.5. The lowest BCUT2D eigenvalue weighted by Gasteiger charge is -2.07. The first-order valence-electron chi connectivity index (χ1n) is 9.24. The topological polar surface area (TPSA) is 98.0 Å². The van der Waals surface area contributed by atoms with Crippen molar-refractivity contribution >= 4 is 61.5 Å². The van der Waals surface area contributed by atoms with Gasteiger partial charge in [0, 0.05) is 15.1 Å². The van der Waals surface area contributed by atoms with E-state index in [-0.39, 0.29) is 11.7 Å². The quantitative estimate of drug-likeness (QED) is 0.476. The Morgan fingerprint density at radius 2 is 1.82 bits per heavy atom. The molecule has 5 rings (SSSR count). The molecule has 144 valence electrons. The maximum absolute atomic E-state index is 12.6. The summed E-state index contributed by atoms with van der Waals surface area (Å²) in [5.41, 5.74) is 8.44. The van der Waals surface area contributed by atoms with Crippen LogP contribution in [0.5, 0.6) is 0 Å². The third kappa shape index (κ3) is 3.01. The number of hydrogen-bond acceptors (Lipinski definition) is 7. The summed E-state index contributed by atoms with van der Waals surface area (Å²) in [5.74, 6) is -0.378. The number of nitrogens with zero attached hydrogens (tertiary/aromatic N) is 2. The molecule has 3 heterocycles. The predicted molar refractivity (Wildman–Crippen MR) is 114 cm³/mol. The SMILES string of the molecule is NC(=O)c1c(NC(=O)CSc2ncnc3sc4c(c23)CCC4)sc2c1CCC2. The minimum absolute atomic E-state index is 0.147. The number of carbonyl (C=O) groups excluding carboxylic acids is 2. The molecule has 0 aromatic carbocycles. The van der Waals surface area contributed by atoms with Gasteiger partial charge in [-0.3, -0.25) is 9.59 Å². The van der Waals surface area contributed by atoms with Gasteiger partial charge >= 0.3 is 0 Å². The molecule has 3 aromatic heterocycles. The van der Waals surface area contributed by atoms with Crippen LogP contribution in [0.2, 0.25) is 0 Å². The van der Waals surface area contributed by atoms with Gasteiger partial charge in [-0.25, -0.2) is 9.97 Å². The number of nitrogens with one attached hydrogen (secondary N) is 1. The van der Waals surface area contributed by atoms with Crippen LogP contribution in [0.15, 0.2) is 11.4 Å². The number of carbonyl (C=O) groups is 2. The van der Waals surface area contributed by atoms with Crippen LogP contribution in [0.4, 0.5) is 5.00 Å². The van der Waals surface area contributed by atoms with Gasteiger partial charge in [0.2, 0.25) is 5.91 Å². The molecule has 0 unspecified atom stereocenters. The van der Waals surface area contributed by atoms with Crippen LogP contribution in [0, 0.1) is 0 Å². The Balaban J connectivity index is 1.34. The summed E-state index contributed by atoms with van der Waals surface area (Å²) in [6.45, 7) is 0. The van der Waals surface area contributed by atoms with Crippen molar-refractivity contribution in [2.45, 2.75) is 43.6 Å². The normalized spacial score (nSPS) is 15.0. The Labute approximate surface area is 173 Å². The van der Waals surface area contributed by atoms with Crippen LogP contribution in [0.25, 0.3) is 10.2 Å². The molecular weight excluding hydrogens is 412 g/mol. The van der Waals surface area contributed by atoms with Gasteiger partial charge in [-0.1, -0.05) is 11.8 Å². The summed E-state index contributed by atoms with van der Waals surface area (Å²) in [6.07, 6.45) is 7.77. The maximum Gasteiger partial charge on any atom is 0.251 e. The molecule has 3 N–H and O–H groups in total. The number of aryl methyl sites for hydroxylation is 3. The van der Waals surface area contributed by atoms with Crippen molar-refractivity contribution in [1.82, 2.24) is 9.97 Å². The molecule has 0 radical (unpaired) electrons. The second-order valence-electron chi connectivity index (χ2n) is 6.98. The van der Waals surface area contributed by atoms with Gasteiger partial charge in [0.05, 0.1) is 11.3 Å². The summed E-state index contributed by atoms with van der Waals surface area (Å²) in [7, 11) is 0. The molecule has 0 fully saturated rings. The Morgan fingerprint density at radius 1 is 1.07 bits per heavy atom. The molecule has 28 heavy (non-hydrogen) atoms. The van der Waals surface area contributed by atoms with E-state index in [9.17, 15) is 9.59 Å². The van der Waals surface area contributed by atoms with Crippen LogP contribution in [-0.4, -0.2) is 27.5 Å². The summed E-state index contributed by atoms with van der Waals surface area (Å²) in [6, 6.07) is 0. The molecule has 2 aliphatic carbocycles. The highest BCUT2D eigenvalue weighted by molar-refractivity contribution is 8.00. The predicted octanol–water partition coefficient (Wildman–Crippen LogP) is 3.56. The largest absolute Gasteiger partial charge is 0.365 e. The number of rotatable bonds is 5. The smallest absolute Gasteiger partial charge is 0.251 e. The van der Waals surface area contributed by atoms with Crippen LogP contribution in [0.1, 0.15) is 44.1 Å². The van der Waals surface area contributed by atoms with Gasteiger partial charge in [0.1, 0.15) is 21.2 Å². The highest BCUT2D eigenvalue weighted by Crippen LogP contribution is 2.41. The maximum atomic E-state index is 12.6. The van der Waals surface area contributed by atoms with Gasteiger partial charge in [-0.05, 0) is 49.7 Å². The summed E-state index contributed by atoms with van der Waals surface area (Å²) in [5, 5.41) is 5.47. The number of amides is 2. The molecule has 3 aromatic rings. The number of thiophene rings is 2. The first kappa shape index (κ1) is 18.1. The Kier molecular flexibility index (Phi) is 4.60. The van der Waals surface area contributed by atoms with E-state index in [1.165, 1.54) is 44.8 Å². The number of thioether (sulfide) groups is 1. The highest BCUT2D eigenvalue weighted by atomic mass is 32.2. The first-order valence-corrected chi connectivity index (χ1v) is 11.9. The zero-order valence-electron chi connectivity index (χ0n) is 15.0. The number of hydrogen-bond donors (Lipinski definition) is 2. The summed E-state index contributed by atoms with van der Waals surface area (Å²) in [4.78, 5) is 36.9. The minimum Gasteiger partial charge on any atom is -0.365 e. The van der Waals surface area contributed by atoms with E-state index < -0.39 is 5.91 Å². The zero-order chi connectivity index (χ0) is 19.3. The van der Waals surface area contributed by atoms with E-state index in [1.54, 1.807) is 17.7 Å². The first-order chi connectivity index (χ1) is 13.6. The van der Waals surface area contributed by atoms with Gasteiger partial charge in [0.25, 0.3) is 5.91 Å². The molecule has 6 nitrogen and oxygen atoms in total. The Bertz CT molecular complexity index is 1120. The number of primary amides is 1. The average molecular weight is 431 g/mol. The van der Waals surface area contributed by atoms with E-state index in [0.717, 1.165) is 52.9 Å². The molecular formula is C19H18N4O2S3. The number of fused-ring (bicyclic) bond motifs is 4. The van der Waals surface area contributed by atoms with Gasteiger partial charge in [-0.15, -0.1) is 22.7 Å². The fraction of sp³-hybridized carbons (Fsp3) is 0.368. The number of aromatic nitrogens is 2. The minimum atomic E-state index is -0.464. The van der Waals surface area contributed by atoms with Gasteiger partial charge < -0.3 is 11.1 Å². The molecule has 0 bridgehead atoms. The van der Waals surface area contributed by atoms with Crippen molar-refractivity contribution in [3.63, 3.8) is 0 Å². The second-order valence-corrected chi connectivity index (χ2v) is 10.1. The van der Waals surface area contributed by atoms with E-state index in [4.69, 9.17) is 5.73 Å². The van der Waals surface area contributed by atoms with E-state index in [2.05, 4.69) is 15.3 Å². The summed E-state index contributed by atoms with van der Waals surface area (Å²) >= 11 is 4.65. The molecule has 2 amide bonds. The van der Waals surface area contributed by atoms with Crippen LogP contribution in [-0.2, 0) is 30.5 Å². The molecule has 0 saturated heterocycles. The molecule has 0 saturated carbocycles. The van der Waals surface area contributed by atoms with Crippen molar-refractivity contribution in [3.8, 4) is 0 Å². The lowest BCUT2D eigenvalue weighted by atomic mass is 10.1. The van der Waals surface area contributed by atoms with Crippen molar-refractivity contribution < 1.29 is 9.59 Å². The van der Waals surface area contributed by atoms with Crippen LogP contribution >= 0.6 is 34.4 Å². The van der Waals surface area contributed by atoms with Crippen molar-refractivity contribution in [3.05, 3.63) is 32.8 Å². The Morgan fingerprint density at radius 3 is 2.61 bits per heavy atom. The van der Waals surface area contributed by atoms with E-state index >= 15 is 0 Å². The molecule has 9 heteroatoms. The number of anilines is 1. The third-order valence-corrected chi connectivity index (χ3v) is 8.62. The van der Waals surface area contributed by atoms with Crippen LogP contribution in [0.3, 0.4) is 0 Å². The van der Waals surface area contributed by atoms with E-state index in [1.807, 2.05) is 0 Å². The second kappa shape index (κ2) is 7.13. The highest BCUT2D eigenvalue weighted by Gasteiger charge is 2.26. The van der Waals surface area contributed by atoms with Crippen molar-refractivity contribution in [1.29, 1.82) is 0 Å². The number of nitrogens with two attached hydrogens (primary N) is 1. The van der Waals surface area contributed by atoms with E-state index in [0.29, 0.717) is 10.6 Å². The lowest BCUT2D eigenvalue weighted by molar-refractivity contribution is -0.113. The monoisotopic (exact) mass is 430 g/mol. The standard InChI is InChI=1S/C19H18N4O2S3/c20-16(25)14-9-3-1-5-11(9)28-19(14)23-13(24)7-26-17-15-10-4-2-6-12(10)27-18(15)22-8-21-17/h8H,1-7H2,(H2,20,25)(H,23,24). The molecule has 0 spiro atoms. The molecule has 0 aliphatic heterocycles. The van der Waals surface area contributed by atoms with Crippen LogP contribution < -0.4 is 11.1 Å². The average Bonchev–Trinajstić information content (AvgIpc) is 3.39. The lowest BCUT2D eigenvalue weighted by Crippen LogP contribution is -2.19. The molecule has 2 aliphatic rings. The molecule has 0 atom stereocenters. The summed E-state index contributed by atoms with van der Waals surface area (Å²) < 4.78 is 0.